The molecule has 0 radical (unpaired) electrons. The molecular formula is C13H26N4O2. The number of hydrogen-bond acceptors (Lipinski definition) is 5. The normalized spacial score (nSPS) is 11.3. The third-order valence-corrected chi connectivity index (χ3v) is 2.82. The number of hydrogen-bond donors (Lipinski definition) is 1. The average molecular weight is 270 g/mol. The van der Waals surface area contributed by atoms with Crippen molar-refractivity contribution in [3.63, 3.8) is 0 Å². The van der Waals surface area contributed by atoms with Crippen LogP contribution in [-0.2, 0) is 16.0 Å². The van der Waals surface area contributed by atoms with Gasteiger partial charge in [-0.3, -0.25) is 9.58 Å². The molecule has 0 unspecified atom stereocenters. The minimum atomic E-state index is 0.565. The zero-order chi connectivity index (χ0) is 13.9. The van der Waals surface area contributed by atoms with Crippen LogP contribution in [0.5, 0.6) is 0 Å². The molecule has 0 amide bonds. The molecule has 1 heterocycles. The summed E-state index contributed by atoms with van der Waals surface area (Å²) in [5.74, 6) is 0.565. The lowest BCUT2D eigenvalue weighted by atomic mass is 10.4. The van der Waals surface area contributed by atoms with Gasteiger partial charge in [-0.05, 0) is 19.9 Å². The minimum absolute atomic E-state index is 0.565. The Morgan fingerprint density at radius 3 is 2.26 bits per heavy atom. The smallest absolute Gasteiger partial charge is 0.145 e. The second-order valence-electron chi connectivity index (χ2n) is 4.24. The molecule has 0 saturated carbocycles. The van der Waals surface area contributed by atoms with Crippen LogP contribution in [0.4, 0.5) is 5.82 Å². The fourth-order valence-corrected chi connectivity index (χ4v) is 1.76. The highest BCUT2D eigenvalue weighted by molar-refractivity contribution is 5.23. The Balaban J connectivity index is 2.29. The summed E-state index contributed by atoms with van der Waals surface area (Å²) < 4.78 is 12.7. The lowest BCUT2D eigenvalue weighted by Gasteiger charge is -2.21. The number of anilines is 1. The summed E-state index contributed by atoms with van der Waals surface area (Å²) >= 11 is 0. The standard InChI is InChI=1S/C13H26N4O2/c1-3-18-11-9-16(10-12-19-4-2)7-8-17-6-5-13(14)15-17/h5-6H,3-4,7-12H2,1-2H3,(H2,14,15). The Hall–Kier alpha value is -1.11. The second kappa shape index (κ2) is 9.77. The Morgan fingerprint density at radius 2 is 1.79 bits per heavy atom. The van der Waals surface area contributed by atoms with Crippen molar-refractivity contribution < 1.29 is 9.47 Å². The number of nitrogens with two attached hydrogens (primary N) is 1. The predicted molar refractivity (Wildman–Crippen MR) is 76.1 cm³/mol. The molecule has 0 saturated heterocycles. The Kier molecular flexibility index (Phi) is 8.20. The molecule has 0 aliphatic heterocycles. The van der Waals surface area contributed by atoms with Gasteiger partial charge in [-0.25, -0.2) is 0 Å². The van der Waals surface area contributed by atoms with Crippen LogP contribution < -0.4 is 5.73 Å². The van der Waals surface area contributed by atoms with Gasteiger partial charge in [0.15, 0.2) is 0 Å². The van der Waals surface area contributed by atoms with E-state index in [9.17, 15) is 0 Å². The SMILES string of the molecule is CCOCCN(CCOCC)CCn1ccc(N)n1. The van der Waals surface area contributed by atoms with Crippen LogP contribution in [0.2, 0.25) is 0 Å². The summed E-state index contributed by atoms with van der Waals surface area (Å²) in [4.78, 5) is 2.32. The average Bonchev–Trinajstić information content (AvgIpc) is 2.81. The lowest BCUT2D eigenvalue weighted by Crippen LogP contribution is -2.34. The maximum absolute atomic E-state index is 5.60. The number of nitrogens with zero attached hydrogens (tertiary/aromatic N) is 3. The van der Waals surface area contributed by atoms with Crippen molar-refractivity contribution in [1.82, 2.24) is 14.7 Å². The van der Waals surface area contributed by atoms with Crippen LogP contribution in [0.3, 0.4) is 0 Å². The van der Waals surface area contributed by atoms with E-state index < -0.39 is 0 Å². The minimum Gasteiger partial charge on any atom is -0.382 e. The van der Waals surface area contributed by atoms with Crippen molar-refractivity contribution in [2.45, 2.75) is 20.4 Å². The molecule has 0 aliphatic carbocycles. The van der Waals surface area contributed by atoms with Gasteiger partial charge < -0.3 is 15.2 Å². The summed E-state index contributed by atoms with van der Waals surface area (Å²) in [7, 11) is 0. The van der Waals surface area contributed by atoms with E-state index in [0.29, 0.717) is 5.82 Å². The molecule has 0 bridgehead atoms. The summed E-state index contributed by atoms with van der Waals surface area (Å²) in [6, 6.07) is 1.81. The number of rotatable bonds is 11. The molecule has 6 nitrogen and oxygen atoms in total. The summed E-state index contributed by atoms with van der Waals surface area (Å²) in [5, 5.41) is 4.18. The van der Waals surface area contributed by atoms with Gasteiger partial charge in [0.25, 0.3) is 0 Å². The van der Waals surface area contributed by atoms with Gasteiger partial charge in [0.05, 0.1) is 19.8 Å². The Labute approximate surface area is 115 Å². The number of nitrogen functional groups attached to an aromatic ring is 1. The van der Waals surface area contributed by atoms with Gasteiger partial charge >= 0.3 is 0 Å². The van der Waals surface area contributed by atoms with Crippen molar-refractivity contribution in [1.29, 1.82) is 0 Å². The highest BCUT2D eigenvalue weighted by Gasteiger charge is 2.05. The molecule has 0 spiro atoms. The molecule has 19 heavy (non-hydrogen) atoms. The van der Waals surface area contributed by atoms with Crippen LogP contribution in [0.1, 0.15) is 13.8 Å². The van der Waals surface area contributed by atoms with Gasteiger partial charge in [-0.2, -0.15) is 5.10 Å². The molecule has 0 atom stereocenters. The molecule has 110 valence electrons. The first-order chi connectivity index (χ1) is 9.26. The van der Waals surface area contributed by atoms with E-state index in [2.05, 4.69) is 10.00 Å². The fraction of sp³-hybridized carbons (Fsp3) is 0.769. The van der Waals surface area contributed by atoms with Gasteiger partial charge in [0.2, 0.25) is 0 Å². The molecule has 1 rings (SSSR count). The van der Waals surface area contributed by atoms with E-state index >= 15 is 0 Å². The zero-order valence-electron chi connectivity index (χ0n) is 12.0. The lowest BCUT2D eigenvalue weighted by molar-refractivity contribution is 0.0809. The van der Waals surface area contributed by atoms with Crippen LogP contribution in [0.15, 0.2) is 12.3 Å². The van der Waals surface area contributed by atoms with E-state index in [4.69, 9.17) is 15.2 Å². The topological polar surface area (TPSA) is 65.5 Å². The van der Waals surface area contributed by atoms with Crippen molar-refractivity contribution >= 4 is 5.82 Å². The van der Waals surface area contributed by atoms with Crippen molar-refractivity contribution in [2.24, 2.45) is 0 Å². The van der Waals surface area contributed by atoms with Gasteiger partial charge in [0.1, 0.15) is 5.82 Å². The molecule has 6 heteroatoms. The summed E-state index contributed by atoms with van der Waals surface area (Å²) in [6.07, 6.45) is 1.90. The highest BCUT2D eigenvalue weighted by atomic mass is 16.5. The second-order valence-corrected chi connectivity index (χ2v) is 4.24. The van der Waals surface area contributed by atoms with Crippen LogP contribution >= 0.6 is 0 Å². The van der Waals surface area contributed by atoms with Crippen molar-refractivity contribution in [3.05, 3.63) is 12.3 Å². The van der Waals surface area contributed by atoms with E-state index in [1.54, 1.807) is 0 Å². The Morgan fingerprint density at radius 1 is 1.16 bits per heavy atom. The quantitative estimate of drug-likeness (QED) is 0.604. The van der Waals surface area contributed by atoms with E-state index in [1.165, 1.54) is 0 Å². The van der Waals surface area contributed by atoms with Crippen LogP contribution in [0.25, 0.3) is 0 Å². The predicted octanol–water partition coefficient (Wildman–Crippen LogP) is 0.840. The third-order valence-electron chi connectivity index (χ3n) is 2.82. The van der Waals surface area contributed by atoms with Gasteiger partial charge in [-0.15, -0.1) is 0 Å². The molecule has 1 aromatic rings. The van der Waals surface area contributed by atoms with Crippen LogP contribution in [-0.4, -0.2) is 60.7 Å². The van der Waals surface area contributed by atoms with Gasteiger partial charge in [-0.1, -0.05) is 0 Å². The molecule has 1 aromatic heterocycles. The fourth-order valence-electron chi connectivity index (χ4n) is 1.76. The van der Waals surface area contributed by atoms with E-state index in [-0.39, 0.29) is 0 Å². The first-order valence-corrected chi connectivity index (χ1v) is 6.93. The monoisotopic (exact) mass is 270 g/mol. The largest absolute Gasteiger partial charge is 0.382 e. The molecular weight excluding hydrogens is 244 g/mol. The first kappa shape index (κ1) is 15.9. The Bertz CT molecular complexity index is 320. The number of ether oxygens (including phenoxy) is 2. The van der Waals surface area contributed by atoms with Gasteiger partial charge in [0, 0.05) is 39.0 Å². The maximum atomic E-state index is 5.60. The van der Waals surface area contributed by atoms with E-state index in [1.807, 2.05) is 30.8 Å². The van der Waals surface area contributed by atoms with E-state index in [0.717, 1.165) is 52.6 Å². The maximum Gasteiger partial charge on any atom is 0.145 e. The third kappa shape index (κ3) is 7.15. The highest BCUT2D eigenvalue weighted by Crippen LogP contribution is 1.97. The zero-order valence-corrected chi connectivity index (χ0v) is 12.0. The first-order valence-electron chi connectivity index (χ1n) is 6.93. The molecule has 0 aromatic carbocycles. The number of aromatic nitrogens is 2. The van der Waals surface area contributed by atoms with Crippen molar-refractivity contribution in [2.75, 3.05) is 51.8 Å². The van der Waals surface area contributed by atoms with Crippen molar-refractivity contribution in [3.8, 4) is 0 Å². The summed E-state index contributed by atoms with van der Waals surface area (Å²) in [6.45, 7) is 10.6. The molecule has 2 N–H and O–H groups in total. The molecule has 0 fully saturated rings. The molecule has 0 aliphatic rings. The van der Waals surface area contributed by atoms with Crippen LogP contribution in [0, 0.1) is 0 Å². The summed E-state index contributed by atoms with van der Waals surface area (Å²) in [5.41, 5.74) is 5.60.